The van der Waals surface area contributed by atoms with Gasteiger partial charge in [0.15, 0.2) is 0 Å². The molecular weight excluding hydrogens is 276 g/mol. The number of esters is 1. The third-order valence-corrected chi connectivity index (χ3v) is 6.50. The third-order valence-electron chi connectivity index (χ3n) is 4.84. The van der Waals surface area contributed by atoms with Gasteiger partial charge in [-0.2, -0.15) is 11.8 Å². The lowest BCUT2D eigenvalue weighted by molar-refractivity contribution is -0.141. The molecule has 0 aromatic rings. The third kappa shape index (κ3) is 3.31. The Morgan fingerprint density at radius 2 is 2.20 bits per heavy atom. The van der Waals surface area contributed by atoms with Crippen molar-refractivity contribution < 1.29 is 19.0 Å². The van der Waals surface area contributed by atoms with E-state index in [1.54, 1.807) is 0 Å². The van der Waals surface area contributed by atoms with Crippen LogP contribution in [-0.4, -0.2) is 49.5 Å². The summed E-state index contributed by atoms with van der Waals surface area (Å²) < 4.78 is 16.3. The van der Waals surface area contributed by atoms with Gasteiger partial charge in [0, 0.05) is 24.9 Å². The second kappa shape index (κ2) is 5.85. The minimum Gasteiger partial charge on any atom is -0.469 e. The molecule has 0 aromatic carbocycles. The highest BCUT2D eigenvalue weighted by Gasteiger charge is 2.46. The first-order chi connectivity index (χ1) is 9.65. The second-order valence-corrected chi connectivity index (χ2v) is 7.80. The van der Waals surface area contributed by atoms with Gasteiger partial charge in [0.25, 0.3) is 0 Å². The molecule has 1 aliphatic carbocycles. The van der Waals surface area contributed by atoms with Gasteiger partial charge < -0.3 is 14.2 Å². The van der Waals surface area contributed by atoms with Crippen molar-refractivity contribution in [2.75, 3.05) is 32.7 Å². The molecule has 20 heavy (non-hydrogen) atoms. The fourth-order valence-electron chi connectivity index (χ4n) is 3.21. The lowest BCUT2D eigenvalue weighted by Gasteiger charge is -2.37. The fourth-order valence-corrected chi connectivity index (χ4v) is 4.87. The van der Waals surface area contributed by atoms with Crippen LogP contribution >= 0.6 is 11.8 Å². The van der Waals surface area contributed by atoms with Crippen molar-refractivity contribution in [2.24, 2.45) is 5.41 Å². The molecule has 0 bridgehead atoms. The molecule has 2 aliphatic heterocycles. The van der Waals surface area contributed by atoms with Crippen molar-refractivity contribution in [3.8, 4) is 0 Å². The summed E-state index contributed by atoms with van der Waals surface area (Å²) in [5, 5.41) is 0.653. The van der Waals surface area contributed by atoms with E-state index in [1.807, 2.05) is 11.8 Å². The summed E-state index contributed by atoms with van der Waals surface area (Å²) in [5.74, 6) is 1.03. The molecule has 0 amide bonds. The highest BCUT2D eigenvalue weighted by Crippen LogP contribution is 2.52. The van der Waals surface area contributed by atoms with Gasteiger partial charge in [-0.3, -0.25) is 4.79 Å². The van der Waals surface area contributed by atoms with E-state index in [0.29, 0.717) is 11.7 Å². The van der Waals surface area contributed by atoms with Gasteiger partial charge in [0.2, 0.25) is 0 Å². The number of hydrogen-bond donors (Lipinski definition) is 0. The van der Waals surface area contributed by atoms with Crippen molar-refractivity contribution in [3.05, 3.63) is 0 Å². The van der Waals surface area contributed by atoms with Crippen LogP contribution in [0, 0.1) is 5.41 Å². The van der Waals surface area contributed by atoms with Gasteiger partial charge in [-0.1, -0.05) is 0 Å². The zero-order valence-electron chi connectivity index (χ0n) is 12.2. The van der Waals surface area contributed by atoms with Gasteiger partial charge in [-0.05, 0) is 36.9 Å². The first-order valence-corrected chi connectivity index (χ1v) is 8.60. The van der Waals surface area contributed by atoms with Crippen molar-refractivity contribution in [3.63, 3.8) is 0 Å². The topological polar surface area (TPSA) is 44.8 Å². The van der Waals surface area contributed by atoms with Gasteiger partial charge in [0.05, 0.1) is 25.7 Å². The van der Waals surface area contributed by atoms with Crippen LogP contribution in [0.25, 0.3) is 0 Å². The smallest absolute Gasteiger partial charge is 0.306 e. The Kier molecular flexibility index (Phi) is 4.29. The average molecular weight is 300 g/mol. The predicted octanol–water partition coefficient (Wildman–Crippen LogP) is 2.40. The molecular formula is C15H24O4S. The van der Waals surface area contributed by atoms with Crippen LogP contribution in [0.4, 0.5) is 0 Å². The molecule has 5 heteroatoms. The van der Waals surface area contributed by atoms with Gasteiger partial charge in [0.1, 0.15) is 0 Å². The Morgan fingerprint density at radius 1 is 1.35 bits per heavy atom. The van der Waals surface area contributed by atoms with E-state index < -0.39 is 0 Å². The predicted molar refractivity (Wildman–Crippen MR) is 77.9 cm³/mol. The lowest BCUT2D eigenvalue weighted by atomic mass is 9.93. The maximum absolute atomic E-state index is 11.5. The highest BCUT2D eigenvalue weighted by atomic mass is 32.2. The zero-order chi connectivity index (χ0) is 14.1. The van der Waals surface area contributed by atoms with Gasteiger partial charge in [-0.25, -0.2) is 0 Å². The SMILES string of the molecule is COC(=O)CC1(CSC2CCOC3(CCOC3)C2)CC1. The van der Waals surface area contributed by atoms with E-state index in [1.165, 1.54) is 20.0 Å². The Morgan fingerprint density at radius 3 is 2.85 bits per heavy atom. The number of ether oxygens (including phenoxy) is 3. The molecule has 1 spiro atoms. The summed E-state index contributed by atoms with van der Waals surface area (Å²) in [6.45, 7) is 2.45. The van der Waals surface area contributed by atoms with Crippen molar-refractivity contribution in [1.82, 2.24) is 0 Å². The monoisotopic (exact) mass is 300 g/mol. The highest BCUT2D eigenvalue weighted by molar-refractivity contribution is 7.99. The number of carbonyl (C=O) groups excluding carboxylic acids is 1. The Labute approximate surface area is 124 Å². The minimum absolute atomic E-state index is 0.00498. The first kappa shape index (κ1) is 14.7. The van der Waals surface area contributed by atoms with Crippen LogP contribution in [0.5, 0.6) is 0 Å². The van der Waals surface area contributed by atoms with E-state index in [4.69, 9.17) is 14.2 Å². The summed E-state index contributed by atoms with van der Waals surface area (Å²) in [6.07, 6.45) is 6.21. The molecule has 3 fully saturated rings. The maximum Gasteiger partial charge on any atom is 0.306 e. The van der Waals surface area contributed by atoms with Crippen molar-refractivity contribution in [1.29, 1.82) is 0 Å². The summed E-state index contributed by atoms with van der Waals surface area (Å²) in [4.78, 5) is 11.5. The molecule has 3 rings (SSSR count). The quantitative estimate of drug-likeness (QED) is 0.730. The summed E-state index contributed by atoms with van der Waals surface area (Å²) >= 11 is 2.04. The fraction of sp³-hybridized carbons (Fsp3) is 0.933. The molecule has 2 atom stereocenters. The molecule has 114 valence electrons. The van der Waals surface area contributed by atoms with Crippen molar-refractivity contribution in [2.45, 2.75) is 49.4 Å². The van der Waals surface area contributed by atoms with Crippen LogP contribution < -0.4 is 0 Å². The van der Waals surface area contributed by atoms with Gasteiger partial charge in [-0.15, -0.1) is 0 Å². The average Bonchev–Trinajstić information content (AvgIpc) is 3.09. The van der Waals surface area contributed by atoms with Crippen LogP contribution in [0.1, 0.15) is 38.5 Å². The molecule has 2 saturated heterocycles. The number of hydrogen-bond acceptors (Lipinski definition) is 5. The van der Waals surface area contributed by atoms with E-state index >= 15 is 0 Å². The van der Waals surface area contributed by atoms with E-state index in [9.17, 15) is 4.79 Å². The minimum atomic E-state index is -0.0595. The Hall–Kier alpha value is -0.260. The molecule has 3 aliphatic rings. The normalized spacial score (nSPS) is 35.1. The van der Waals surface area contributed by atoms with E-state index in [0.717, 1.165) is 44.8 Å². The largest absolute Gasteiger partial charge is 0.469 e. The van der Waals surface area contributed by atoms with Crippen LogP contribution in [0.15, 0.2) is 0 Å². The van der Waals surface area contributed by atoms with E-state index in [-0.39, 0.29) is 17.0 Å². The molecule has 0 aromatic heterocycles. The molecule has 0 N–H and O–H groups in total. The van der Waals surface area contributed by atoms with Crippen LogP contribution in [0.2, 0.25) is 0 Å². The van der Waals surface area contributed by atoms with E-state index in [2.05, 4.69) is 0 Å². The Balaban J connectivity index is 1.47. The van der Waals surface area contributed by atoms with Crippen molar-refractivity contribution >= 4 is 17.7 Å². The van der Waals surface area contributed by atoms with Crippen LogP contribution in [-0.2, 0) is 19.0 Å². The molecule has 2 unspecified atom stereocenters. The molecule has 1 saturated carbocycles. The Bertz CT molecular complexity index is 361. The van der Waals surface area contributed by atoms with Crippen LogP contribution in [0.3, 0.4) is 0 Å². The summed E-state index contributed by atoms with van der Waals surface area (Å²) in [7, 11) is 1.48. The number of carbonyl (C=O) groups is 1. The first-order valence-electron chi connectivity index (χ1n) is 7.56. The molecule has 2 heterocycles. The number of thioether (sulfide) groups is 1. The summed E-state index contributed by atoms with van der Waals surface area (Å²) in [5.41, 5.74) is 0.227. The molecule has 0 radical (unpaired) electrons. The second-order valence-electron chi connectivity index (χ2n) is 6.51. The standard InChI is InChI=1S/C15H24O4S/c1-17-13(16)9-14(3-4-14)11-20-12-2-6-19-15(8-12)5-7-18-10-15/h12H,2-11H2,1H3. The number of methoxy groups -OCH3 is 1. The lowest BCUT2D eigenvalue weighted by Crippen LogP contribution is -2.41. The molecule has 4 nitrogen and oxygen atoms in total. The maximum atomic E-state index is 11.5. The van der Waals surface area contributed by atoms with Gasteiger partial charge >= 0.3 is 5.97 Å². The zero-order valence-corrected chi connectivity index (χ0v) is 13.0. The summed E-state index contributed by atoms with van der Waals surface area (Å²) in [6, 6.07) is 0. The number of rotatable bonds is 5.